The van der Waals surface area contributed by atoms with Crippen molar-refractivity contribution in [1.82, 2.24) is 19.5 Å². The van der Waals surface area contributed by atoms with E-state index in [1.807, 2.05) is 22.8 Å². The molecule has 0 N–H and O–H groups in total. The van der Waals surface area contributed by atoms with E-state index in [1.165, 1.54) is 19.4 Å². The van der Waals surface area contributed by atoms with Gasteiger partial charge < -0.3 is 9.64 Å². The topological polar surface area (TPSA) is 42.7 Å². The maximum Gasteiger partial charge on any atom is 0.159 e. The van der Waals surface area contributed by atoms with Gasteiger partial charge in [-0.1, -0.05) is 6.92 Å². The highest BCUT2D eigenvalue weighted by molar-refractivity contribution is 5.43. The number of nitrogens with zero attached hydrogens (tertiary/aromatic N) is 4. The highest BCUT2D eigenvalue weighted by Crippen LogP contribution is 2.25. The maximum absolute atomic E-state index is 5.22. The molecule has 0 spiro atoms. The van der Waals surface area contributed by atoms with E-state index in [2.05, 4.69) is 21.9 Å². The van der Waals surface area contributed by atoms with Crippen molar-refractivity contribution in [3.63, 3.8) is 0 Å². The van der Waals surface area contributed by atoms with Gasteiger partial charge >= 0.3 is 0 Å². The molecule has 2 aromatic rings. The molecule has 102 valence electrons. The average Bonchev–Trinajstić information content (AvgIpc) is 2.90. The Balaban J connectivity index is 1.88. The third-order valence-corrected chi connectivity index (χ3v) is 3.88. The number of likely N-dealkylation sites (tertiary alicyclic amines) is 1. The molecule has 0 radical (unpaired) electrons. The summed E-state index contributed by atoms with van der Waals surface area (Å²) in [5.74, 6) is 2.25. The van der Waals surface area contributed by atoms with Crippen LogP contribution in [0.4, 0.5) is 0 Å². The zero-order valence-corrected chi connectivity index (χ0v) is 11.5. The number of piperidine rings is 1. The van der Waals surface area contributed by atoms with Crippen LogP contribution < -0.4 is 4.74 Å². The van der Waals surface area contributed by atoms with E-state index in [4.69, 9.17) is 4.74 Å². The first-order valence-corrected chi connectivity index (χ1v) is 6.93. The normalized spacial score (nSPS) is 20.8. The van der Waals surface area contributed by atoms with E-state index in [1.54, 1.807) is 7.11 Å². The van der Waals surface area contributed by atoms with Crippen molar-refractivity contribution < 1.29 is 4.74 Å². The third kappa shape index (κ3) is 2.42. The SMILES string of the molecule is CCN1CCCC(c2nc3cc(OC)ccn3n2)C1. The van der Waals surface area contributed by atoms with Crippen molar-refractivity contribution in [3.05, 3.63) is 24.2 Å². The van der Waals surface area contributed by atoms with Crippen molar-refractivity contribution in [1.29, 1.82) is 0 Å². The van der Waals surface area contributed by atoms with Crippen LogP contribution in [0.1, 0.15) is 31.5 Å². The molecule has 1 aliphatic rings. The van der Waals surface area contributed by atoms with Gasteiger partial charge in [-0.15, -0.1) is 0 Å². The molecule has 5 nitrogen and oxygen atoms in total. The number of hydrogen-bond donors (Lipinski definition) is 0. The van der Waals surface area contributed by atoms with Crippen LogP contribution in [0.25, 0.3) is 5.65 Å². The molecule has 1 fully saturated rings. The Labute approximate surface area is 113 Å². The molecule has 5 heteroatoms. The quantitative estimate of drug-likeness (QED) is 0.846. The Bertz CT molecular complexity index is 566. The zero-order chi connectivity index (χ0) is 13.2. The minimum absolute atomic E-state index is 0.458. The minimum atomic E-state index is 0.458. The number of hydrogen-bond acceptors (Lipinski definition) is 4. The summed E-state index contributed by atoms with van der Waals surface area (Å²) in [6.07, 6.45) is 4.33. The first-order valence-electron chi connectivity index (χ1n) is 6.93. The highest BCUT2D eigenvalue weighted by atomic mass is 16.5. The first kappa shape index (κ1) is 12.4. The van der Waals surface area contributed by atoms with E-state index in [0.717, 1.165) is 30.3 Å². The number of likely N-dealkylation sites (N-methyl/N-ethyl adjacent to an activating group) is 1. The standard InChI is InChI=1S/C14H20N4O/c1-3-17-7-4-5-11(10-17)14-15-13-9-12(19-2)6-8-18(13)16-14/h6,8-9,11H,3-5,7,10H2,1-2H3. The molecule has 0 amide bonds. The Kier molecular flexibility index (Phi) is 3.38. The van der Waals surface area contributed by atoms with Crippen LogP contribution in [0.3, 0.4) is 0 Å². The lowest BCUT2D eigenvalue weighted by molar-refractivity contribution is 0.214. The average molecular weight is 260 g/mol. The van der Waals surface area contributed by atoms with Gasteiger partial charge in [0.2, 0.25) is 0 Å². The largest absolute Gasteiger partial charge is 0.497 e. The number of ether oxygens (including phenoxy) is 1. The molecule has 1 saturated heterocycles. The fourth-order valence-corrected chi connectivity index (χ4v) is 2.73. The summed E-state index contributed by atoms with van der Waals surface area (Å²) < 4.78 is 7.06. The second-order valence-electron chi connectivity index (χ2n) is 5.07. The summed E-state index contributed by atoms with van der Waals surface area (Å²) in [5, 5.41) is 4.60. The van der Waals surface area contributed by atoms with Crippen LogP contribution in [-0.4, -0.2) is 46.2 Å². The molecule has 1 aliphatic heterocycles. The number of fused-ring (bicyclic) bond motifs is 1. The monoisotopic (exact) mass is 260 g/mol. The molecule has 3 heterocycles. The summed E-state index contributed by atoms with van der Waals surface area (Å²) in [6, 6.07) is 3.83. The predicted octanol–water partition coefficient (Wildman–Crippen LogP) is 1.94. The lowest BCUT2D eigenvalue weighted by atomic mass is 9.97. The van der Waals surface area contributed by atoms with Gasteiger partial charge in [0.15, 0.2) is 11.5 Å². The molecule has 2 aromatic heterocycles. The Morgan fingerprint density at radius 1 is 1.47 bits per heavy atom. The Morgan fingerprint density at radius 3 is 3.16 bits per heavy atom. The van der Waals surface area contributed by atoms with Gasteiger partial charge in [0.05, 0.1) is 7.11 Å². The highest BCUT2D eigenvalue weighted by Gasteiger charge is 2.23. The second kappa shape index (κ2) is 5.17. The third-order valence-electron chi connectivity index (χ3n) is 3.88. The lowest BCUT2D eigenvalue weighted by Crippen LogP contribution is -2.34. The number of rotatable bonds is 3. The van der Waals surface area contributed by atoms with E-state index in [-0.39, 0.29) is 0 Å². The Morgan fingerprint density at radius 2 is 2.37 bits per heavy atom. The van der Waals surface area contributed by atoms with Crippen LogP contribution >= 0.6 is 0 Å². The van der Waals surface area contributed by atoms with Gasteiger partial charge in [-0.3, -0.25) is 0 Å². The fourth-order valence-electron chi connectivity index (χ4n) is 2.73. The summed E-state index contributed by atoms with van der Waals surface area (Å²) in [4.78, 5) is 7.13. The zero-order valence-electron chi connectivity index (χ0n) is 11.5. The molecule has 19 heavy (non-hydrogen) atoms. The van der Waals surface area contributed by atoms with Crippen molar-refractivity contribution in [3.8, 4) is 5.75 Å². The molecule has 0 aliphatic carbocycles. The molecule has 1 atom stereocenters. The fraction of sp³-hybridized carbons (Fsp3) is 0.571. The van der Waals surface area contributed by atoms with Crippen molar-refractivity contribution in [2.45, 2.75) is 25.7 Å². The van der Waals surface area contributed by atoms with E-state index >= 15 is 0 Å². The molecule has 1 unspecified atom stereocenters. The summed E-state index contributed by atoms with van der Waals surface area (Å²) in [5.41, 5.74) is 0.864. The van der Waals surface area contributed by atoms with Gasteiger partial charge in [-0.2, -0.15) is 5.10 Å². The minimum Gasteiger partial charge on any atom is -0.497 e. The lowest BCUT2D eigenvalue weighted by Gasteiger charge is -2.30. The van der Waals surface area contributed by atoms with Gasteiger partial charge in [-0.25, -0.2) is 9.50 Å². The van der Waals surface area contributed by atoms with Crippen molar-refractivity contribution >= 4 is 5.65 Å². The van der Waals surface area contributed by atoms with E-state index < -0.39 is 0 Å². The van der Waals surface area contributed by atoms with Crippen LogP contribution in [0.15, 0.2) is 18.3 Å². The number of methoxy groups -OCH3 is 1. The van der Waals surface area contributed by atoms with Crippen LogP contribution in [-0.2, 0) is 0 Å². The molecular weight excluding hydrogens is 240 g/mol. The van der Waals surface area contributed by atoms with Crippen molar-refractivity contribution in [2.75, 3.05) is 26.7 Å². The van der Waals surface area contributed by atoms with Crippen molar-refractivity contribution in [2.24, 2.45) is 0 Å². The van der Waals surface area contributed by atoms with Crippen LogP contribution in [0.2, 0.25) is 0 Å². The summed E-state index contributed by atoms with van der Waals surface area (Å²) in [7, 11) is 1.67. The summed E-state index contributed by atoms with van der Waals surface area (Å²) >= 11 is 0. The number of pyridine rings is 1. The Hall–Kier alpha value is -1.62. The molecule has 0 aromatic carbocycles. The smallest absolute Gasteiger partial charge is 0.159 e. The molecule has 0 bridgehead atoms. The van der Waals surface area contributed by atoms with Gasteiger partial charge in [0.1, 0.15) is 5.75 Å². The first-order chi connectivity index (χ1) is 9.30. The molecular formula is C14H20N4O. The van der Waals surface area contributed by atoms with E-state index in [9.17, 15) is 0 Å². The van der Waals surface area contributed by atoms with E-state index in [0.29, 0.717) is 5.92 Å². The van der Waals surface area contributed by atoms with Crippen LogP contribution in [0.5, 0.6) is 5.75 Å². The second-order valence-corrected chi connectivity index (χ2v) is 5.07. The maximum atomic E-state index is 5.22. The number of aromatic nitrogens is 3. The summed E-state index contributed by atoms with van der Waals surface area (Å²) in [6.45, 7) is 5.60. The van der Waals surface area contributed by atoms with Gasteiger partial charge in [0.25, 0.3) is 0 Å². The van der Waals surface area contributed by atoms with Gasteiger partial charge in [-0.05, 0) is 32.0 Å². The molecule has 3 rings (SSSR count). The van der Waals surface area contributed by atoms with Crippen LogP contribution in [0, 0.1) is 0 Å². The van der Waals surface area contributed by atoms with Gasteiger partial charge in [0, 0.05) is 24.7 Å². The molecule has 0 saturated carbocycles. The predicted molar refractivity (Wildman–Crippen MR) is 73.6 cm³/mol.